The van der Waals surface area contributed by atoms with Gasteiger partial charge in [-0.1, -0.05) is 102 Å². The number of ketones is 1. The van der Waals surface area contributed by atoms with Crippen molar-refractivity contribution in [3.05, 3.63) is 34.4 Å². The van der Waals surface area contributed by atoms with E-state index < -0.39 is 5.92 Å². The van der Waals surface area contributed by atoms with Gasteiger partial charge < -0.3 is 4.74 Å². The molecule has 3 unspecified atom stereocenters. The summed E-state index contributed by atoms with van der Waals surface area (Å²) in [7, 11) is 1.17. The lowest BCUT2D eigenvalue weighted by Crippen LogP contribution is -2.30. The summed E-state index contributed by atoms with van der Waals surface area (Å²) in [6.45, 7) is 17.4. The molecule has 0 bridgehead atoms. The van der Waals surface area contributed by atoms with Crippen LogP contribution in [-0.2, 0) is 14.1 Å². The first-order valence-corrected chi connectivity index (χ1v) is 14.0. The standard InChI is InChI=1S/C30H50O3.H2OP/c1-9-10-11-12-13-14-15-16-17-33-29(32)26(20-23(3)21-30(6,7)8)28(31)27-24(4)18-22(2)19-25(27)5;1-2/h18-19,23,26H,9-17,20-21H2,1-8H3;2H2/q;+1. The Balaban J connectivity index is 0.00000562. The van der Waals surface area contributed by atoms with Crippen molar-refractivity contribution >= 4 is 20.9 Å². The second-order valence-corrected chi connectivity index (χ2v) is 11.4. The number of benzene rings is 1. The molecule has 0 amide bonds. The lowest BCUT2D eigenvalue weighted by Gasteiger charge is -2.26. The van der Waals surface area contributed by atoms with Gasteiger partial charge in [0.15, 0.2) is 5.78 Å². The number of Topliss-reactive ketones (excluding diaryl/α,β-unsaturated/α-hetero) is 1. The largest absolute Gasteiger partial charge is 0.465 e. The van der Waals surface area contributed by atoms with Crippen molar-refractivity contribution in [1.82, 2.24) is 0 Å². The predicted molar refractivity (Wildman–Crippen MR) is 150 cm³/mol. The number of carbonyl (C=O) groups excluding carboxylic acids is 2. The van der Waals surface area contributed by atoms with Crippen LogP contribution >= 0.6 is 9.12 Å². The zero-order chi connectivity index (χ0) is 27.0. The molecule has 0 aliphatic heterocycles. The van der Waals surface area contributed by atoms with Crippen molar-refractivity contribution in [3.63, 3.8) is 0 Å². The molecule has 1 aromatic rings. The van der Waals surface area contributed by atoms with Crippen LogP contribution in [0.5, 0.6) is 0 Å². The van der Waals surface area contributed by atoms with Gasteiger partial charge in [0.1, 0.15) is 5.92 Å². The molecule has 200 valence electrons. The van der Waals surface area contributed by atoms with E-state index in [1.165, 1.54) is 47.6 Å². The van der Waals surface area contributed by atoms with Crippen molar-refractivity contribution in [2.24, 2.45) is 17.3 Å². The van der Waals surface area contributed by atoms with Gasteiger partial charge in [-0.25, -0.2) is 0 Å². The SMILES string of the molecule is CCCCCCCCCCOC(=O)C(CC(C)CC(C)(C)C)C(=O)c1c(C)cc(C)cc1C.O=[PH2+]. The number of esters is 1. The number of hydrogen-bond acceptors (Lipinski definition) is 4. The quantitative estimate of drug-likeness (QED) is 0.0782. The summed E-state index contributed by atoms with van der Waals surface area (Å²) < 4.78 is 13.8. The summed E-state index contributed by atoms with van der Waals surface area (Å²) in [4.78, 5) is 26.7. The highest BCUT2D eigenvalue weighted by molar-refractivity contribution is 7.00. The molecule has 1 rings (SSSR count). The Hall–Kier alpha value is -1.54. The molecule has 0 aromatic heterocycles. The molecule has 3 atom stereocenters. The second kappa shape index (κ2) is 17.8. The van der Waals surface area contributed by atoms with E-state index in [0.29, 0.717) is 18.6 Å². The van der Waals surface area contributed by atoms with Crippen LogP contribution < -0.4 is 0 Å². The normalized spacial score (nSPS) is 12.9. The van der Waals surface area contributed by atoms with Gasteiger partial charge in [0.2, 0.25) is 0 Å². The lowest BCUT2D eigenvalue weighted by molar-refractivity contribution is -0.147. The topological polar surface area (TPSA) is 60.4 Å². The van der Waals surface area contributed by atoms with Gasteiger partial charge in [0, 0.05) is 5.56 Å². The van der Waals surface area contributed by atoms with E-state index in [1.807, 2.05) is 32.9 Å². The Morgan fingerprint density at radius 1 is 0.886 bits per heavy atom. The van der Waals surface area contributed by atoms with Crippen molar-refractivity contribution < 1.29 is 18.9 Å². The fourth-order valence-corrected chi connectivity index (χ4v) is 5.09. The van der Waals surface area contributed by atoms with Crippen molar-refractivity contribution in [2.75, 3.05) is 6.61 Å². The number of aryl methyl sites for hydroxylation is 3. The van der Waals surface area contributed by atoms with Crippen LogP contribution in [-0.4, -0.2) is 18.4 Å². The molecule has 0 saturated heterocycles. The predicted octanol–water partition coefficient (Wildman–Crippen LogP) is 8.76. The molecule has 0 heterocycles. The van der Waals surface area contributed by atoms with Crippen LogP contribution in [0, 0.1) is 38.0 Å². The molecule has 0 saturated carbocycles. The molecular weight excluding hydrogens is 455 g/mol. The first-order valence-electron chi connectivity index (χ1n) is 13.5. The minimum atomic E-state index is -0.725. The molecule has 0 N–H and O–H groups in total. The number of ether oxygens (including phenoxy) is 1. The van der Waals surface area contributed by atoms with E-state index in [2.05, 4.69) is 34.6 Å². The van der Waals surface area contributed by atoms with Gasteiger partial charge >= 0.3 is 15.1 Å². The average molecular weight is 508 g/mol. The molecule has 35 heavy (non-hydrogen) atoms. The maximum absolute atomic E-state index is 13.6. The highest BCUT2D eigenvalue weighted by Crippen LogP contribution is 2.31. The smallest absolute Gasteiger partial charge is 0.316 e. The maximum atomic E-state index is 13.6. The van der Waals surface area contributed by atoms with Crippen LogP contribution in [0.15, 0.2) is 12.1 Å². The van der Waals surface area contributed by atoms with Gasteiger partial charge in [0.05, 0.1) is 6.61 Å². The molecule has 0 spiro atoms. The molecule has 5 heteroatoms. The summed E-state index contributed by atoms with van der Waals surface area (Å²) in [5.74, 6) is -0.882. The highest BCUT2D eigenvalue weighted by Gasteiger charge is 2.33. The third-order valence-electron chi connectivity index (χ3n) is 6.37. The highest BCUT2D eigenvalue weighted by atomic mass is 31.0. The van der Waals surface area contributed by atoms with E-state index in [9.17, 15) is 9.59 Å². The van der Waals surface area contributed by atoms with Crippen molar-refractivity contribution in [3.8, 4) is 0 Å². The number of carbonyl (C=O) groups is 2. The number of rotatable bonds is 15. The Morgan fingerprint density at radius 2 is 1.37 bits per heavy atom. The zero-order valence-corrected chi connectivity index (χ0v) is 25.0. The number of unbranched alkanes of at least 4 members (excludes halogenated alkanes) is 7. The van der Waals surface area contributed by atoms with E-state index in [-0.39, 0.29) is 23.1 Å². The Morgan fingerprint density at radius 3 is 1.86 bits per heavy atom. The average Bonchev–Trinajstić information content (AvgIpc) is 2.75. The lowest BCUT2D eigenvalue weighted by atomic mass is 9.79. The fourth-order valence-electron chi connectivity index (χ4n) is 5.09. The van der Waals surface area contributed by atoms with Gasteiger partial charge in [0.25, 0.3) is 0 Å². The summed E-state index contributed by atoms with van der Waals surface area (Å²) in [5, 5.41) is 0. The van der Waals surface area contributed by atoms with E-state index >= 15 is 0 Å². The summed E-state index contributed by atoms with van der Waals surface area (Å²) in [5.41, 5.74) is 3.88. The van der Waals surface area contributed by atoms with Crippen LogP contribution in [0.3, 0.4) is 0 Å². The van der Waals surface area contributed by atoms with Gasteiger partial charge in [-0.3, -0.25) is 9.59 Å². The van der Waals surface area contributed by atoms with Crippen LogP contribution in [0.1, 0.15) is 126 Å². The zero-order valence-electron chi connectivity index (χ0n) is 23.8. The molecular formula is C30H52O4P+. The third kappa shape index (κ3) is 14.0. The van der Waals surface area contributed by atoms with Gasteiger partial charge in [-0.05, 0) is 62.5 Å². The molecule has 1 aromatic carbocycles. The minimum absolute atomic E-state index is 0.0771. The molecule has 0 aliphatic rings. The first kappa shape index (κ1) is 33.5. The monoisotopic (exact) mass is 507 g/mol. The minimum Gasteiger partial charge on any atom is -0.465 e. The molecule has 0 fully saturated rings. The summed E-state index contributed by atoms with van der Waals surface area (Å²) >= 11 is 0. The summed E-state index contributed by atoms with van der Waals surface area (Å²) in [6, 6.07) is 4.06. The van der Waals surface area contributed by atoms with E-state index in [4.69, 9.17) is 9.30 Å². The van der Waals surface area contributed by atoms with Gasteiger partial charge in [-0.2, -0.15) is 0 Å². The fraction of sp³-hybridized carbons (Fsp3) is 0.733. The second-order valence-electron chi connectivity index (χ2n) is 11.4. The molecule has 0 aliphatic carbocycles. The van der Waals surface area contributed by atoms with E-state index in [1.54, 1.807) is 0 Å². The maximum Gasteiger partial charge on any atom is 0.316 e. The van der Waals surface area contributed by atoms with Crippen LogP contribution in [0.2, 0.25) is 0 Å². The third-order valence-corrected chi connectivity index (χ3v) is 6.37. The van der Waals surface area contributed by atoms with E-state index in [0.717, 1.165) is 36.0 Å². The Kier molecular flexibility index (Phi) is 17.0. The van der Waals surface area contributed by atoms with Gasteiger partial charge in [-0.15, -0.1) is 0 Å². The number of hydrogen-bond donors (Lipinski definition) is 0. The van der Waals surface area contributed by atoms with Crippen LogP contribution in [0.25, 0.3) is 0 Å². The first-order chi connectivity index (χ1) is 16.5. The Labute approximate surface area is 217 Å². The van der Waals surface area contributed by atoms with Crippen molar-refractivity contribution in [1.29, 1.82) is 0 Å². The Bertz CT molecular complexity index is 743. The van der Waals surface area contributed by atoms with Crippen molar-refractivity contribution in [2.45, 2.75) is 120 Å². The molecule has 4 nitrogen and oxygen atoms in total. The summed E-state index contributed by atoms with van der Waals surface area (Å²) in [6.07, 6.45) is 11.1. The van der Waals surface area contributed by atoms with Crippen LogP contribution in [0.4, 0.5) is 0 Å². The molecule has 0 radical (unpaired) electrons.